The molecule has 76 valence electrons. The van der Waals surface area contributed by atoms with E-state index in [0.717, 1.165) is 10.5 Å². The molecular weight excluding hydrogens is 218 g/mol. The number of phenols is 1. The van der Waals surface area contributed by atoms with Gasteiger partial charge in [0, 0.05) is 10.6 Å². The molecule has 0 heterocycles. The Bertz CT molecular complexity index is 372. The number of hydrogen-bond acceptors (Lipinski definition) is 3. The number of allylic oxidation sites excluding steroid dienone is 1. The van der Waals surface area contributed by atoms with E-state index in [1.807, 2.05) is 13.8 Å². The third kappa shape index (κ3) is 2.86. The molecular formula is C10H12ClNOS. The number of nitrogens with two attached hydrogens (primary N) is 1. The molecule has 0 aliphatic heterocycles. The van der Waals surface area contributed by atoms with E-state index < -0.39 is 0 Å². The van der Waals surface area contributed by atoms with E-state index >= 15 is 0 Å². The molecule has 0 fully saturated rings. The van der Waals surface area contributed by atoms with E-state index in [4.69, 9.17) is 17.3 Å². The summed E-state index contributed by atoms with van der Waals surface area (Å²) in [6.07, 6.45) is 0. The van der Waals surface area contributed by atoms with E-state index in [1.54, 1.807) is 18.2 Å². The van der Waals surface area contributed by atoms with E-state index in [-0.39, 0.29) is 5.75 Å². The summed E-state index contributed by atoms with van der Waals surface area (Å²) in [5.41, 5.74) is 7.37. The van der Waals surface area contributed by atoms with Gasteiger partial charge < -0.3 is 10.8 Å². The maximum absolute atomic E-state index is 9.26. The van der Waals surface area contributed by atoms with Crippen molar-refractivity contribution in [3.63, 3.8) is 0 Å². The smallest absolute Gasteiger partial charge is 0.116 e. The second kappa shape index (κ2) is 4.62. The van der Waals surface area contributed by atoms with E-state index in [2.05, 4.69) is 0 Å². The van der Waals surface area contributed by atoms with Crippen molar-refractivity contribution >= 4 is 29.1 Å². The lowest BCUT2D eigenvalue weighted by atomic mass is 10.3. The van der Waals surface area contributed by atoms with Crippen molar-refractivity contribution in [2.75, 3.05) is 5.73 Å². The van der Waals surface area contributed by atoms with Gasteiger partial charge in [-0.25, -0.2) is 0 Å². The minimum absolute atomic E-state index is 0.194. The molecule has 1 aromatic rings. The van der Waals surface area contributed by atoms with Crippen LogP contribution in [0, 0.1) is 0 Å². The van der Waals surface area contributed by atoms with Crippen molar-refractivity contribution in [2.45, 2.75) is 18.7 Å². The monoisotopic (exact) mass is 229 g/mol. The standard InChI is InChI=1S/C10H12ClNOS/c1-6(2)10(11)14-9-5-7(13)3-4-8(9)12/h3-5,13H,12H2,1-2H3. The number of rotatable bonds is 2. The van der Waals surface area contributed by atoms with Gasteiger partial charge in [0.05, 0.1) is 4.36 Å². The Morgan fingerprint density at radius 1 is 1.43 bits per heavy atom. The van der Waals surface area contributed by atoms with Crippen molar-refractivity contribution in [1.82, 2.24) is 0 Å². The summed E-state index contributed by atoms with van der Waals surface area (Å²) in [4.78, 5) is 0.774. The van der Waals surface area contributed by atoms with Crippen LogP contribution in [-0.2, 0) is 0 Å². The maximum atomic E-state index is 9.26. The van der Waals surface area contributed by atoms with Crippen LogP contribution in [0.5, 0.6) is 5.75 Å². The number of nitrogen functional groups attached to an aromatic ring is 1. The van der Waals surface area contributed by atoms with Crippen LogP contribution < -0.4 is 5.73 Å². The minimum Gasteiger partial charge on any atom is -0.508 e. The first-order valence-electron chi connectivity index (χ1n) is 4.10. The predicted octanol–water partition coefficient (Wildman–Crippen LogP) is 3.56. The van der Waals surface area contributed by atoms with Crippen molar-refractivity contribution in [1.29, 1.82) is 0 Å². The van der Waals surface area contributed by atoms with Crippen LogP contribution in [0.15, 0.2) is 33.0 Å². The first kappa shape index (κ1) is 11.3. The first-order valence-corrected chi connectivity index (χ1v) is 5.29. The maximum Gasteiger partial charge on any atom is 0.116 e. The first-order chi connectivity index (χ1) is 6.50. The quantitative estimate of drug-likeness (QED) is 0.463. The summed E-state index contributed by atoms with van der Waals surface area (Å²) in [5, 5.41) is 9.26. The molecule has 0 spiro atoms. The van der Waals surface area contributed by atoms with Gasteiger partial charge in [-0.15, -0.1) is 0 Å². The summed E-state index contributed by atoms with van der Waals surface area (Å²) in [6, 6.07) is 4.81. The van der Waals surface area contributed by atoms with Gasteiger partial charge in [-0.3, -0.25) is 0 Å². The van der Waals surface area contributed by atoms with Gasteiger partial charge >= 0.3 is 0 Å². The summed E-state index contributed by atoms with van der Waals surface area (Å²) < 4.78 is 0.683. The molecule has 1 aromatic carbocycles. The third-order valence-electron chi connectivity index (χ3n) is 1.59. The highest BCUT2D eigenvalue weighted by Crippen LogP contribution is 2.36. The average Bonchev–Trinajstić information content (AvgIpc) is 2.11. The molecule has 1 rings (SSSR count). The van der Waals surface area contributed by atoms with Gasteiger partial charge in [-0.1, -0.05) is 28.9 Å². The molecule has 4 heteroatoms. The molecule has 0 amide bonds. The highest BCUT2D eigenvalue weighted by Gasteiger charge is 2.04. The molecule has 0 radical (unpaired) electrons. The number of halogens is 1. The number of aromatic hydroxyl groups is 1. The Kier molecular flexibility index (Phi) is 3.72. The number of anilines is 1. The van der Waals surface area contributed by atoms with Gasteiger partial charge in [0.2, 0.25) is 0 Å². The van der Waals surface area contributed by atoms with Crippen LogP contribution in [-0.4, -0.2) is 5.11 Å². The molecule has 0 unspecified atom stereocenters. The summed E-state index contributed by atoms with van der Waals surface area (Å²) in [6.45, 7) is 3.85. The summed E-state index contributed by atoms with van der Waals surface area (Å²) in [5.74, 6) is 0.194. The van der Waals surface area contributed by atoms with Crippen molar-refractivity contribution < 1.29 is 5.11 Å². The predicted molar refractivity (Wildman–Crippen MR) is 62.6 cm³/mol. The number of thioether (sulfide) groups is 1. The van der Waals surface area contributed by atoms with Crippen LogP contribution in [0.2, 0.25) is 0 Å². The summed E-state index contributed by atoms with van der Waals surface area (Å²) in [7, 11) is 0. The molecule has 0 aliphatic carbocycles. The van der Waals surface area contributed by atoms with Crippen LogP contribution in [0.1, 0.15) is 13.8 Å². The Hall–Kier alpha value is -0.800. The Balaban J connectivity index is 2.97. The largest absolute Gasteiger partial charge is 0.508 e. The number of benzene rings is 1. The molecule has 14 heavy (non-hydrogen) atoms. The number of hydrogen-bond donors (Lipinski definition) is 2. The highest BCUT2D eigenvalue weighted by atomic mass is 35.5. The van der Waals surface area contributed by atoms with Crippen LogP contribution in [0.4, 0.5) is 5.69 Å². The van der Waals surface area contributed by atoms with Gasteiger partial charge in [0.15, 0.2) is 0 Å². The fraction of sp³-hybridized carbons (Fsp3) is 0.200. The second-order valence-corrected chi connectivity index (χ2v) is 4.75. The van der Waals surface area contributed by atoms with E-state index in [9.17, 15) is 5.11 Å². The van der Waals surface area contributed by atoms with Crippen molar-refractivity contribution in [3.8, 4) is 5.75 Å². The molecule has 0 saturated heterocycles. The zero-order chi connectivity index (χ0) is 10.7. The van der Waals surface area contributed by atoms with E-state index in [1.165, 1.54) is 11.8 Å². The van der Waals surface area contributed by atoms with Crippen LogP contribution >= 0.6 is 23.4 Å². The Labute approximate surface area is 92.8 Å². The Morgan fingerprint density at radius 3 is 2.64 bits per heavy atom. The minimum atomic E-state index is 0.194. The average molecular weight is 230 g/mol. The SMILES string of the molecule is CC(C)=C(Cl)Sc1cc(O)ccc1N. The van der Waals surface area contributed by atoms with Gasteiger partial charge in [-0.2, -0.15) is 0 Å². The fourth-order valence-electron chi connectivity index (χ4n) is 0.810. The highest BCUT2D eigenvalue weighted by molar-refractivity contribution is 8.04. The number of phenolic OH excluding ortho intramolecular Hbond substituents is 1. The topological polar surface area (TPSA) is 46.2 Å². The Morgan fingerprint density at radius 2 is 2.07 bits per heavy atom. The van der Waals surface area contributed by atoms with Gasteiger partial charge in [0.25, 0.3) is 0 Å². The lowest BCUT2D eigenvalue weighted by molar-refractivity contribution is 0.474. The molecule has 0 atom stereocenters. The molecule has 0 bridgehead atoms. The normalized spacial score (nSPS) is 9.93. The molecule has 0 saturated carbocycles. The van der Waals surface area contributed by atoms with Gasteiger partial charge in [-0.05, 0) is 32.0 Å². The third-order valence-corrected chi connectivity index (χ3v) is 3.36. The lowest BCUT2D eigenvalue weighted by Crippen LogP contribution is -1.87. The zero-order valence-corrected chi connectivity index (χ0v) is 9.62. The van der Waals surface area contributed by atoms with Crippen molar-refractivity contribution in [3.05, 3.63) is 28.1 Å². The second-order valence-electron chi connectivity index (χ2n) is 3.10. The molecule has 3 N–H and O–H groups in total. The summed E-state index contributed by atoms with van der Waals surface area (Å²) >= 11 is 7.33. The fourth-order valence-corrected chi connectivity index (χ4v) is 1.82. The lowest BCUT2D eigenvalue weighted by Gasteiger charge is -2.05. The van der Waals surface area contributed by atoms with Crippen LogP contribution in [0.25, 0.3) is 0 Å². The van der Waals surface area contributed by atoms with Gasteiger partial charge in [0.1, 0.15) is 5.75 Å². The molecule has 0 aromatic heterocycles. The molecule has 2 nitrogen and oxygen atoms in total. The zero-order valence-electron chi connectivity index (χ0n) is 8.04. The molecule has 0 aliphatic rings. The van der Waals surface area contributed by atoms with Crippen LogP contribution in [0.3, 0.4) is 0 Å². The van der Waals surface area contributed by atoms with E-state index in [0.29, 0.717) is 10.1 Å². The van der Waals surface area contributed by atoms with Crippen molar-refractivity contribution in [2.24, 2.45) is 0 Å².